The van der Waals surface area contributed by atoms with E-state index in [0.717, 1.165) is 27.1 Å². The van der Waals surface area contributed by atoms with Crippen LogP contribution in [-0.4, -0.2) is 22.7 Å². The molecule has 0 aliphatic heterocycles. The molecule has 236 valence electrons. The van der Waals surface area contributed by atoms with E-state index in [0.29, 0.717) is 16.4 Å². The molecule has 6 rings (SSSR count). The number of aromatic nitrogens is 1. The fourth-order valence-electron chi connectivity index (χ4n) is 4.85. The molecule has 48 heavy (non-hydrogen) atoms. The Bertz CT molecular complexity index is 2020. The summed E-state index contributed by atoms with van der Waals surface area (Å²) in [6.45, 7) is 0. The second-order valence-electron chi connectivity index (χ2n) is 10.6. The fourth-order valence-corrected chi connectivity index (χ4v) is 6.47. The third-order valence-electron chi connectivity index (χ3n) is 7.21. The molecule has 1 heterocycles. The van der Waals surface area contributed by atoms with Gasteiger partial charge in [0.15, 0.2) is 5.13 Å². The molecule has 1 unspecified atom stereocenters. The van der Waals surface area contributed by atoms with Crippen LogP contribution in [-0.2, 0) is 9.59 Å². The Hall–Kier alpha value is -5.77. The summed E-state index contributed by atoms with van der Waals surface area (Å²) in [5.74, 6) is -1.10. The highest BCUT2D eigenvalue weighted by atomic mass is 32.2. The highest BCUT2D eigenvalue weighted by Gasteiger charge is 2.23. The molecule has 0 saturated carbocycles. The number of rotatable bonds is 11. The first kappa shape index (κ1) is 32.2. The van der Waals surface area contributed by atoms with Crippen LogP contribution in [0.2, 0.25) is 0 Å². The maximum Gasteiger partial charge on any atom is 0.272 e. The Morgan fingerprint density at radius 3 is 2.06 bits per heavy atom. The predicted octanol–water partition coefficient (Wildman–Crippen LogP) is 8.69. The lowest BCUT2D eigenvalue weighted by atomic mass is 10.0. The highest BCUT2D eigenvalue weighted by Crippen LogP contribution is 2.37. The van der Waals surface area contributed by atoms with Gasteiger partial charge < -0.3 is 16.0 Å². The van der Waals surface area contributed by atoms with Gasteiger partial charge in [0.2, 0.25) is 5.91 Å². The van der Waals surface area contributed by atoms with Crippen LogP contribution < -0.4 is 16.0 Å². The number of carbonyl (C=O) groups excluding carboxylic acids is 3. The van der Waals surface area contributed by atoms with Crippen molar-refractivity contribution in [3.63, 3.8) is 0 Å². The fraction of sp³-hybridized carbons (Fsp3) is 0.0256. The van der Waals surface area contributed by atoms with Gasteiger partial charge in [-0.2, -0.15) is 0 Å². The summed E-state index contributed by atoms with van der Waals surface area (Å²) in [6.07, 6.45) is 3.29. The van der Waals surface area contributed by atoms with Crippen molar-refractivity contribution in [3.8, 4) is 11.1 Å². The molecular weight excluding hydrogens is 637 g/mol. The monoisotopic (exact) mass is 666 g/mol. The van der Waals surface area contributed by atoms with Gasteiger partial charge in [-0.05, 0) is 58.7 Å². The minimum Gasteiger partial charge on any atom is -0.321 e. The summed E-state index contributed by atoms with van der Waals surface area (Å²) >= 11 is 2.71. The molecule has 6 aromatic rings. The van der Waals surface area contributed by atoms with Gasteiger partial charge in [-0.1, -0.05) is 109 Å². The minimum absolute atomic E-state index is 0.0827. The normalized spacial score (nSPS) is 11.7. The van der Waals surface area contributed by atoms with Crippen LogP contribution in [0.15, 0.2) is 162 Å². The van der Waals surface area contributed by atoms with E-state index in [-0.39, 0.29) is 11.6 Å². The van der Waals surface area contributed by atoms with E-state index in [2.05, 4.69) is 20.9 Å². The number of nitrogens with one attached hydrogen (secondary N) is 3. The zero-order valence-electron chi connectivity index (χ0n) is 25.6. The topological polar surface area (TPSA) is 100 Å². The highest BCUT2D eigenvalue weighted by molar-refractivity contribution is 8.00. The first-order valence-corrected chi connectivity index (χ1v) is 16.8. The molecule has 3 amide bonds. The second kappa shape index (κ2) is 15.7. The molecule has 1 atom stereocenters. The van der Waals surface area contributed by atoms with Crippen molar-refractivity contribution in [1.82, 2.24) is 10.3 Å². The van der Waals surface area contributed by atoms with E-state index in [1.54, 1.807) is 54.1 Å². The summed E-state index contributed by atoms with van der Waals surface area (Å²) in [4.78, 5) is 45.2. The molecule has 5 aromatic carbocycles. The molecule has 1 aromatic heterocycles. The number of hydrogen-bond acceptors (Lipinski definition) is 6. The lowest BCUT2D eigenvalue weighted by molar-refractivity contribution is -0.116. The Morgan fingerprint density at radius 1 is 0.708 bits per heavy atom. The Morgan fingerprint density at radius 2 is 1.38 bits per heavy atom. The smallest absolute Gasteiger partial charge is 0.272 e. The third-order valence-corrected chi connectivity index (χ3v) is 9.14. The van der Waals surface area contributed by atoms with E-state index in [4.69, 9.17) is 0 Å². The maximum atomic E-state index is 13.7. The number of benzene rings is 5. The van der Waals surface area contributed by atoms with Crippen LogP contribution in [0.25, 0.3) is 17.2 Å². The van der Waals surface area contributed by atoms with Crippen LogP contribution in [0, 0.1) is 0 Å². The van der Waals surface area contributed by atoms with Gasteiger partial charge in [0.05, 0.1) is 0 Å². The average molecular weight is 667 g/mol. The van der Waals surface area contributed by atoms with Gasteiger partial charge in [-0.25, -0.2) is 4.98 Å². The SMILES string of the molecule is O=C(Nc1cccc(SC(C(=O)Nc2nccs2)c2ccccc2)c1)/C(=C\c1ccc(-c2ccccc2)cc1)NC(=O)c1ccccc1. The Kier molecular flexibility index (Phi) is 10.5. The van der Waals surface area contributed by atoms with Crippen molar-refractivity contribution in [2.45, 2.75) is 10.1 Å². The standard InChI is InChI=1S/C39H30N4O3S2/c44-36(31-15-8-3-9-16-31)42-34(25-27-19-21-29(22-20-27)28-11-4-1-5-12-28)37(45)41-32-17-10-18-33(26-32)48-35(30-13-6-2-7-14-30)38(46)43-39-40-23-24-47-39/h1-26,35H,(H,41,45)(H,42,44)(H,40,43,46)/b34-25+. The van der Waals surface area contributed by atoms with Gasteiger partial charge in [-0.3, -0.25) is 14.4 Å². The molecule has 0 saturated heterocycles. The van der Waals surface area contributed by atoms with Crippen LogP contribution in [0.1, 0.15) is 26.7 Å². The molecule has 7 nitrogen and oxygen atoms in total. The van der Waals surface area contributed by atoms with Crippen LogP contribution in [0.4, 0.5) is 10.8 Å². The van der Waals surface area contributed by atoms with E-state index >= 15 is 0 Å². The number of thiazole rings is 1. The van der Waals surface area contributed by atoms with Crippen LogP contribution in [0.5, 0.6) is 0 Å². The molecule has 9 heteroatoms. The summed E-state index contributed by atoms with van der Waals surface area (Å²) < 4.78 is 0. The zero-order valence-corrected chi connectivity index (χ0v) is 27.2. The molecule has 0 bridgehead atoms. The Balaban J connectivity index is 1.23. The van der Waals surface area contributed by atoms with Crippen molar-refractivity contribution >= 4 is 57.7 Å². The largest absolute Gasteiger partial charge is 0.321 e. The first-order chi connectivity index (χ1) is 23.5. The molecule has 0 spiro atoms. The number of anilines is 2. The van der Waals surface area contributed by atoms with E-state index in [9.17, 15) is 14.4 Å². The first-order valence-electron chi connectivity index (χ1n) is 15.1. The molecule has 0 aliphatic rings. The van der Waals surface area contributed by atoms with E-state index < -0.39 is 17.1 Å². The quantitative estimate of drug-likeness (QED) is 0.0949. The number of amides is 3. The lowest BCUT2D eigenvalue weighted by Gasteiger charge is -2.17. The zero-order chi connectivity index (χ0) is 33.1. The second-order valence-corrected chi connectivity index (χ2v) is 12.7. The minimum atomic E-state index is -0.569. The average Bonchev–Trinajstić information content (AvgIpc) is 3.65. The molecule has 0 aliphatic carbocycles. The number of nitrogens with zero attached hydrogens (tertiary/aromatic N) is 1. The van der Waals surface area contributed by atoms with Gasteiger partial charge in [0.1, 0.15) is 10.9 Å². The molecule has 3 N–H and O–H groups in total. The van der Waals surface area contributed by atoms with Gasteiger partial charge in [0, 0.05) is 27.7 Å². The summed E-state index contributed by atoms with van der Waals surface area (Å²) in [5, 5.41) is 10.4. The summed E-state index contributed by atoms with van der Waals surface area (Å²) in [7, 11) is 0. The number of hydrogen-bond donors (Lipinski definition) is 3. The summed E-state index contributed by atoms with van der Waals surface area (Å²) in [5.41, 5.74) is 4.71. The van der Waals surface area contributed by atoms with Gasteiger partial charge >= 0.3 is 0 Å². The third kappa shape index (κ3) is 8.52. The van der Waals surface area contributed by atoms with Crippen molar-refractivity contribution in [2.75, 3.05) is 10.6 Å². The summed E-state index contributed by atoms with van der Waals surface area (Å²) in [6, 6.07) is 43.3. The molecule has 0 radical (unpaired) electrons. The van der Waals surface area contributed by atoms with Crippen molar-refractivity contribution in [3.05, 3.63) is 173 Å². The number of carbonyl (C=O) groups is 3. The van der Waals surface area contributed by atoms with Gasteiger partial charge in [-0.15, -0.1) is 23.1 Å². The molecular formula is C39H30N4O3S2. The lowest BCUT2D eigenvalue weighted by Crippen LogP contribution is -2.30. The van der Waals surface area contributed by atoms with Crippen molar-refractivity contribution < 1.29 is 14.4 Å². The van der Waals surface area contributed by atoms with Gasteiger partial charge in [0.25, 0.3) is 11.8 Å². The van der Waals surface area contributed by atoms with Crippen LogP contribution >= 0.6 is 23.1 Å². The van der Waals surface area contributed by atoms with Crippen molar-refractivity contribution in [1.29, 1.82) is 0 Å². The predicted molar refractivity (Wildman–Crippen MR) is 195 cm³/mol. The van der Waals surface area contributed by atoms with Crippen molar-refractivity contribution in [2.24, 2.45) is 0 Å². The van der Waals surface area contributed by atoms with E-state index in [1.807, 2.05) is 103 Å². The number of thioether (sulfide) groups is 1. The maximum absolute atomic E-state index is 13.7. The Labute approximate surface area is 286 Å². The van der Waals surface area contributed by atoms with Crippen LogP contribution in [0.3, 0.4) is 0 Å². The van der Waals surface area contributed by atoms with E-state index in [1.165, 1.54) is 23.1 Å². The molecule has 0 fully saturated rings.